The Labute approximate surface area is 155 Å². The number of piperazine rings is 1. The molecule has 1 aromatic rings. The highest BCUT2D eigenvalue weighted by Crippen LogP contribution is 2.35. The zero-order valence-corrected chi connectivity index (χ0v) is 15.4. The molecule has 2 amide bonds. The van der Waals surface area contributed by atoms with E-state index >= 15 is 0 Å². The summed E-state index contributed by atoms with van der Waals surface area (Å²) in [6, 6.07) is 2.72. The smallest absolute Gasteiger partial charge is 0.339 e. The first-order chi connectivity index (χ1) is 12.1. The third-order valence-electron chi connectivity index (χ3n) is 4.41. The molecule has 1 saturated heterocycles. The maximum absolute atomic E-state index is 13.0. The molecule has 0 saturated carbocycles. The van der Waals surface area contributed by atoms with Gasteiger partial charge in [0.25, 0.3) is 0 Å². The van der Waals surface area contributed by atoms with Crippen molar-refractivity contribution in [1.29, 1.82) is 0 Å². The van der Waals surface area contributed by atoms with Crippen LogP contribution in [0.25, 0.3) is 0 Å². The van der Waals surface area contributed by atoms with Crippen LogP contribution < -0.4 is 4.90 Å². The predicted octanol–water partition coefficient (Wildman–Crippen LogP) is 2.88. The minimum Gasteiger partial charge on any atom is -0.339 e. The molecular formula is C17H21ClF3N3O2. The van der Waals surface area contributed by atoms with Gasteiger partial charge in [0.05, 0.1) is 16.3 Å². The molecule has 144 valence electrons. The summed E-state index contributed by atoms with van der Waals surface area (Å²) in [6.07, 6.45) is -4.57. The summed E-state index contributed by atoms with van der Waals surface area (Å²) < 4.78 is 38.9. The zero-order chi connectivity index (χ0) is 19.5. The first kappa shape index (κ1) is 20.5. The average Bonchev–Trinajstić information content (AvgIpc) is 2.59. The van der Waals surface area contributed by atoms with E-state index in [1.165, 1.54) is 6.92 Å². The van der Waals surface area contributed by atoms with Gasteiger partial charge in [-0.2, -0.15) is 13.2 Å². The molecule has 26 heavy (non-hydrogen) atoms. The largest absolute Gasteiger partial charge is 0.416 e. The lowest BCUT2D eigenvalue weighted by Crippen LogP contribution is -2.51. The van der Waals surface area contributed by atoms with Crippen LogP contribution in [0.3, 0.4) is 0 Å². The average molecular weight is 392 g/mol. The Morgan fingerprint density at radius 1 is 1.19 bits per heavy atom. The van der Waals surface area contributed by atoms with Gasteiger partial charge in [0.1, 0.15) is 6.54 Å². The summed E-state index contributed by atoms with van der Waals surface area (Å²) in [4.78, 5) is 29.3. The summed E-state index contributed by atoms with van der Waals surface area (Å²) in [7, 11) is 0. The second-order valence-corrected chi connectivity index (χ2v) is 6.49. The number of likely N-dealkylation sites (N-methyl/N-ethyl adjacent to an activating group) is 1. The second kappa shape index (κ2) is 8.26. The van der Waals surface area contributed by atoms with Crippen molar-refractivity contribution in [2.75, 3.05) is 44.2 Å². The van der Waals surface area contributed by atoms with Crippen molar-refractivity contribution in [1.82, 2.24) is 9.80 Å². The quantitative estimate of drug-likeness (QED) is 0.792. The van der Waals surface area contributed by atoms with E-state index in [1.54, 1.807) is 4.90 Å². The highest BCUT2D eigenvalue weighted by Gasteiger charge is 2.32. The van der Waals surface area contributed by atoms with Crippen LogP contribution in [0.15, 0.2) is 18.2 Å². The fourth-order valence-corrected chi connectivity index (χ4v) is 3.03. The van der Waals surface area contributed by atoms with Gasteiger partial charge in [-0.1, -0.05) is 18.5 Å². The Morgan fingerprint density at radius 2 is 1.81 bits per heavy atom. The molecule has 1 fully saturated rings. The molecule has 1 aliphatic heterocycles. The number of amides is 2. The number of nitrogens with zero attached hydrogens (tertiary/aromatic N) is 3. The van der Waals surface area contributed by atoms with Gasteiger partial charge < -0.3 is 14.7 Å². The number of alkyl halides is 3. The predicted molar refractivity (Wildman–Crippen MR) is 93.2 cm³/mol. The maximum atomic E-state index is 13.0. The monoisotopic (exact) mass is 391 g/mol. The van der Waals surface area contributed by atoms with Gasteiger partial charge >= 0.3 is 6.18 Å². The van der Waals surface area contributed by atoms with Gasteiger partial charge in [0.15, 0.2) is 0 Å². The van der Waals surface area contributed by atoms with Crippen molar-refractivity contribution in [3.8, 4) is 0 Å². The molecular weight excluding hydrogens is 371 g/mol. The van der Waals surface area contributed by atoms with Gasteiger partial charge in [-0.15, -0.1) is 0 Å². The lowest BCUT2D eigenvalue weighted by Gasteiger charge is -2.35. The Balaban J connectivity index is 2.19. The van der Waals surface area contributed by atoms with E-state index in [1.807, 2.05) is 6.92 Å². The van der Waals surface area contributed by atoms with E-state index in [2.05, 4.69) is 4.90 Å². The van der Waals surface area contributed by atoms with Crippen LogP contribution in [0.5, 0.6) is 0 Å². The van der Waals surface area contributed by atoms with Crippen LogP contribution in [0.1, 0.15) is 19.4 Å². The SMILES string of the molecule is CCN1CCN(C(=O)CN(C(C)=O)c2cc(C(F)(F)F)ccc2Cl)CC1. The first-order valence-electron chi connectivity index (χ1n) is 8.28. The number of benzene rings is 1. The Morgan fingerprint density at radius 3 is 2.31 bits per heavy atom. The highest BCUT2D eigenvalue weighted by molar-refractivity contribution is 6.34. The Bertz CT molecular complexity index is 674. The van der Waals surface area contributed by atoms with Crippen molar-refractivity contribution < 1.29 is 22.8 Å². The van der Waals surface area contributed by atoms with Crippen LogP contribution in [-0.2, 0) is 15.8 Å². The van der Waals surface area contributed by atoms with E-state index < -0.39 is 17.6 Å². The maximum Gasteiger partial charge on any atom is 0.416 e. The van der Waals surface area contributed by atoms with Gasteiger partial charge in [-0.25, -0.2) is 0 Å². The molecule has 2 rings (SSSR count). The summed E-state index contributed by atoms with van der Waals surface area (Å²) in [6.45, 7) is 6.27. The normalized spacial score (nSPS) is 15.8. The number of carbonyl (C=O) groups excluding carboxylic acids is 2. The number of hydrogen-bond acceptors (Lipinski definition) is 3. The van der Waals surface area contributed by atoms with Crippen LogP contribution in [-0.4, -0.2) is 60.9 Å². The van der Waals surface area contributed by atoms with Crippen molar-refractivity contribution in [3.63, 3.8) is 0 Å². The Kier molecular flexibility index (Phi) is 6.52. The first-order valence-corrected chi connectivity index (χ1v) is 8.66. The summed E-state index contributed by atoms with van der Waals surface area (Å²) in [5, 5.41) is -0.0168. The summed E-state index contributed by atoms with van der Waals surface area (Å²) in [5.74, 6) is -0.865. The van der Waals surface area contributed by atoms with Gasteiger partial charge in [0, 0.05) is 33.1 Å². The van der Waals surface area contributed by atoms with Crippen LogP contribution in [0.2, 0.25) is 5.02 Å². The van der Waals surface area contributed by atoms with Crippen LogP contribution in [0.4, 0.5) is 18.9 Å². The summed E-state index contributed by atoms with van der Waals surface area (Å²) in [5.41, 5.74) is -1.04. The van der Waals surface area contributed by atoms with Crippen LogP contribution in [0, 0.1) is 0 Å². The summed E-state index contributed by atoms with van der Waals surface area (Å²) >= 11 is 6.00. The van der Waals surface area contributed by atoms with E-state index in [-0.39, 0.29) is 23.2 Å². The van der Waals surface area contributed by atoms with Crippen molar-refractivity contribution in [2.45, 2.75) is 20.0 Å². The number of rotatable bonds is 4. The number of hydrogen-bond donors (Lipinski definition) is 0. The number of carbonyl (C=O) groups is 2. The van der Waals surface area contributed by atoms with Crippen molar-refractivity contribution in [2.24, 2.45) is 0 Å². The van der Waals surface area contributed by atoms with Gasteiger partial charge in [-0.3, -0.25) is 9.59 Å². The van der Waals surface area contributed by atoms with Gasteiger partial charge in [0.2, 0.25) is 11.8 Å². The molecule has 0 aliphatic carbocycles. The van der Waals surface area contributed by atoms with E-state index in [0.29, 0.717) is 13.1 Å². The Hall–Kier alpha value is -1.80. The number of halogens is 4. The fourth-order valence-electron chi connectivity index (χ4n) is 2.81. The lowest BCUT2D eigenvalue weighted by molar-refractivity contribution is -0.137. The molecule has 0 unspecified atom stereocenters. The molecule has 0 aromatic heterocycles. The standard InChI is InChI=1S/C17H21ClF3N3O2/c1-3-22-6-8-23(9-7-22)16(26)11-24(12(2)25)15-10-13(17(19,20)21)4-5-14(15)18/h4-5,10H,3,6-9,11H2,1-2H3. The highest BCUT2D eigenvalue weighted by atomic mass is 35.5. The molecule has 0 N–H and O–H groups in total. The van der Waals surface area contributed by atoms with Gasteiger partial charge in [-0.05, 0) is 24.7 Å². The topological polar surface area (TPSA) is 43.9 Å². The molecule has 0 radical (unpaired) electrons. The third kappa shape index (κ3) is 4.88. The molecule has 1 aliphatic rings. The van der Waals surface area contributed by atoms with E-state index in [0.717, 1.165) is 42.7 Å². The minimum atomic E-state index is -4.57. The molecule has 9 heteroatoms. The molecule has 5 nitrogen and oxygen atoms in total. The molecule has 1 aromatic carbocycles. The molecule has 0 atom stereocenters. The second-order valence-electron chi connectivity index (χ2n) is 6.08. The molecule has 0 bridgehead atoms. The third-order valence-corrected chi connectivity index (χ3v) is 4.73. The number of anilines is 1. The van der Waals surface area contributed by atoms with E-state index in [9.17, 15) is 22.8 Å². The van der Waals surface area contributed by atoms with Crippen molar-refractivity contribution >= 4 is 29.1 Å². The minimum absolute atomic E-state index is 0.0168. The lowest BCUT2D eigenvalue weighted by atomic mass is 10.1. The van der Waals surface area contributed by atoms with E-state index in [4.69, 9.17) is 11.6 Å². The molecule has 0 spiro atoms. The fraction of sp³-hybridized carbons (Fsp3) is 0.529. The zero-order valence-electron chi connectivity index (χ0n) is 14.6. The molecule has 1 heterocycles. The van der Waals surface area contributed by atoms with Crippen molar-refractivity contribution in [3.05, 3.63) is 28.8 Å². The van der Waals surface area contributed by atoms with Crippen LogP contribution >= 0.6 is 11.6 Å².